The molecule has 6 heteroatoms. The van der Waals surface area contributed by atoms with Crippen molar-refractivity contribution >= 4 is 17.4 Å². The van der Waals surface area contributed by atoms with Crippen LogP contribution < -0.4 is 10.5 Å². The zero-order valence-electron chi connectivity index (χ0n) is 10.3. The Balaban J connectivity index is 2.08. The van der Waals surface area contributed by atoms with E-state index in [0.29, 0.717) is 22.3 Å². The monoisotopic (exact) mass is 265 g/mol. The summed E-state index contributed by atoms with van der Waals surface area (Å²) in [7, 11) is 0. The van der Waals surface area contributed by atoms with Crippen molar-refractivity contribution in [3.63, 3.8) is 0 Å². The topological polar surface area (TPSA) is 74.2 Å². The molecule has 0 saturated carbocycles. The van der Waals surface area contributed by atoms with Crippen molar-refractivity contribution in [1.82, 2.24) is 9.97 Å². The van der Waals surface area contributed by atoms with Crippen molar-refractivity contribution in [3.8, 4) is 5.88 Å². The van der Waals surface area contributed by atoms with Crippen LogP contribution in [0.5, 0.6) is 5.88 Å². The van der Waals surface area contributed by atoms with E-state index in [-0.39, 0.29) is 6.10 Å². The molecule has 18 heavy (non-hydrogen) atoms. The maximum absolute atomic E-state index is 5.97. The number of hydrogen-bond donors (Lipinski definition) is 1. The molecule has 0 radical (unpaired) electrons. The summed E-state index contributed by atoms with van der Waals surface area (Å²) in [6.07, 6.45) is 3.13. The van der Waals surface area contributed by atoms with Crippen molar-refractivity contribution in [1.29, 1.82) is 0 Å². The molecule has 0 aliphatic carbocycles. The van der Waals surface area contributed by atoms with Crippen molar-refractivity contribution in [2.75, 3.05) is 5.73 Å². The molecule has 0 aliphatic heterocycles. The summed E-state index contributed by atoms with van der Waals surface area (Å²) in [6.45, 7) is 3.86. The van der Waals surface area contributed by atoms with E-state index >= 15 is 0 Å². The van der Waals surface area contributed by atoms with Gasteiger partial charge in [-0.3, -0.25) is 0 Å². The fraction of sp³-hybridized carbons (Fsp3) is 0.333. The minimum atomic E-state index is 0.0325. The van der Waals surface area contributed by atoms with E-state index in [1.54, 1.807) is 6.26 Å². The van der Waals surface area contributed by atoms with E-state index < -0.39 is 0 Å². The molecule has 2 aromatic heterocycles. The van der Waals surface area contributed by atoms with Gasteiger partial charge in [0, 0.05) is 0 Å². The zero-order chi connectivity index (χ0) is 13.0. The number of nitrogens with zero attached hydrogens (tertiary/aromatic N) is 2. The second-order valence-corrected chi connectivity index (χ2v) is 4.90. The second-order valence-electron chi connectivity index (χ2n) is 3.93. The van der Waals surface area contributed by atoms with Crippen LogP contribution in [0.2, 0.25) is 0 Å². The summed E-state index contributed by atoms with van der Waals surface area (Å²) in [4.78, 5) is 8.18. The highest BCUT2D eigenvalue weighted by molar-refractivity contribution is 7.98. The van der Waals surface area contributed by atoms with Crippen molar-refractivity contribution in [3.05, 3.63) is 30.5 Å². The molecule has 0 amide bonds. The molecule has 2 N–H and O–H groups in total. The summed E-state index contributed by atoms with van der Waals surface area (Å²) >= 11 is 1.50. The number of thioether (sulfide) groups is 1. The molecule has 0 aromatic carbocycles. The Bertz CT molecular complexity index is 500. The lowest BCUT2D eigenvalue weighted by Crippen LogP contribution is -2.10. The summed E-state index contributed by atoms with van der Waals surface area (Å²) in [5, 5.41) is 0.706. The average molecular weight is 265 g/mol. The normalized spacial score (nSPS) is 10.8. The maximum Gasteiger partial charge on any atom is 0.241 e. The van der Waals surface area contributed by atoms with E-state index in [1.807, 2.05) is 26.0 Å². The van der Waals surface area contributed by atoms with Crippen LogP contribution in [0.25, 0.3) is 0 Å². The lowest BCUT2D eigenvalue weighted by Gasteiger charge is -2.12. The standard InChI is InChI=1S/C12H15N3O2S/c1-8(2)17-11-10(13)12(15-7-14-11)18-6-9-4-3-5-16-9/h3-5,7-8H,6,13H2,1-2H3. The van der Waals surface area contributed by atoms with Gasteiger partial charge in [0.15, 0.2) is 0 Å². The molecule has 0 aliphatic rings. The number of ether oxygens (including phenoxy) is 1. The molecule has 0 atom stereocenters. The number of nitrogen functional groups attached to an aromatic ring is 1. The van der Waals surface area contributed by atoms with Gasteiger partial charge in [0.1, 0.15) is 22.8 Å². The van der Waals surface area contributed by atoms with Gasteiger partial charge < -0.3 is 14.9 Å². The average Bonchev–Trinajstić information content (AvgIpc) is 2.83. The first-order valence-corrected chi connectivity index (χ1v) is 6.57. The third-order valence-corrected chi connectivity index (χ3v) is 3.12. The number of anilines is 1. The smallest absolute Gasteiger partial charge is 0.241 e. The van der Waals surface area contributed by atoms with Crippen LogP contribution in [0.1, 0.15) is 19.6 Å². The van der Waals surface area contributed by atoms with Gasteiger partial charge in [-0.1, -0.05) is 11.8 Å². The first kappa shape index (κ1) is 12.8. The quantitative estimate of drug-likeness (QED) is 0.662. The largest absolute Gasteiger partial charge is 0.473 e. The van der Waals surface area contributed by atoms with Gasteiger partial charge in [0.2, 0.25) is 5.88 Å². The first-order valence-electron chi connectivity index (χ1n) is 5.59. The molecule has 96 valence electrons. The van der Waals surface area contributed by atoms with Gasteiger partial charge in [-0.25, -0.2) is 4.98 Å². The fourth-order valence-corrected chi connectivity index (χ4v) is 2.14. The van der Waals surface area contributed by atoms with Gasteiger partial charge >= 0.3 is 0 Å². The van der Waals surface area contributed by atoms with Gasteiger partial charge in [0.25, 0.3) is 0 Å². The molecule has 0 fully saturated rings. The Kier molecular flexibility index (Phi) is 4.09. The molecule has 0 unspecified atom stereocenters. The van der Waals surface area contributed by atoms with Crippen molar-refractivity contribution < 1.29 is 9.15 Å². The molecule has 0 bridgehead atoms. The predicted molar refractivity (Wildman–Crippen MR) is 70.5 cm³/mol. The van der Waals surface area contributed by atoms with Gasteiger partial charge in [-0.15, -0.1) is 0 Å². The van der Waals surface area contributed by atoms with Crippen LogP contribution in [0.15, 0.2) is 34.2 Å². The Morgan fingerprint density at radius 2 is 2.28 bits per heavy atom. The Morgan fingerprint density at radius 1 is 1.44 bits per heavy atom. The van der Waals surface area contributed by atoms with E-state index in [9.17, 15) is 0 Å². The summed E-state index contributed by atoms with van der Waals surface area (Å²) < 4.78 is 10.8. The number of rotatable bonds is 5. The highest BCUT2D eigenvalue weighted by atomic mass is 32.2. The van der Waals surface area contributed by atoms with Gasteiger partial charge in [0.05, 0.1) is 18.1 Å². The van der Waals surface area contributed by atoms with E-state index in [2.05, 4.69) is 9.97 Å². The van der Waals surface area contributed by atoms with Crippen LogP contribution in [-0.4, -0.2) is 16.1 Å². The van der Waals surface area contributed by atoms with Crippen molar-refractivity contribution in [2.24, 2.45) is 0 Å². The van der Waals surface area contributed by atoms with Crippen LogP contribution >= 0.6 is 11.8 Å². The fourth-order valence-electron chi connectivity index (χ4n) is 1.33. The summed E-state index contributed by atoms with van der Waals surface area (Å²) in [5.41, 5.74) is 6.44. The van der Waals surface area contributed by atoms with E-state index in [1.165, 1.54) is 18.1 Å². The van der Waals surface area contributed by atoms with E-state index in [0.717, 1.165) is 5.76 Å². The van der Waals surface area contributed by atoms with Crippen LogP contribution in [0, 0.1) is 0 Å². The minimum absolute atomic E-state index is 0.0325. The summed E-state index contributed by atoms with van der Waals surface area (Å²) in [6, 6.07) is 3.77. The maximum atomic E-state index is 5.97. The lowest BCUT2D eigenvalue weighted by atomic mass is 10.4. The highest BCUT2D eigenvalue weighted by Gasteiger charge is 2.11. The first-order chi connectivity index (χ1) is 8.66. The summed E-state index contributed by atoms with van der Waals surface area (Å²) in [5.74, 6) is 1.99. The second kappa shape index (κ2) is 5.77. The minimum Gasteiger partial charge on any atom is -0.473 e. The van der Waals surface area contributed by atoms with Crippen LogP contribution in [0.3, 0.4) is 0 Å². The molecular weight excluding hydrogens is 250 g/mol. The van der Waals surface area contributed by atoms with Gasteiger partial charge in [-0.05, 0) is 26.0 Å². The number of hydrogen-bond acceptors (Lipinski definition) is 6. The highest BCUT2D eigenvalue weighted by Crippen LogP contribution is 2.31. The molecule has 5 nitrogen and oxygen atoms in total. The third-order valence-electron chi connectivity index (χ3n) is 2.09. The SMILES string of the molecule is CC(C)Oc1ncnc(SCc2ccco2)c1N. The lowest BCUT2D eigenvalue weighted by molar-refractivity contribution is 0.233. The number of nitrogens with two attached hydrogens (primary N) is 1. The Hall–Kier alpha value is -1.69. The van der Waals surface area contributed by atoms with Crippen molar-refractivity contribution in [2.45, 2.75) is 30.7 Å². The zero-order valence-corrected chi connectivity index (χ0v) is 11.1. The molecule has 0 saturated heterocycles. The molecule has 2 aromatic rings. The Morgan fingerprint density at radius 3 is 2.94 bits per heavy atom. The molecule has 2 rings (SSSR count). The number of furan rings is 1. The van der Waals surface area contributed by atoms with Crippen LogP contribution in [-0.2, 0) is 5.75 Å². The molecule has 2 heterocycles. The number of aromatic nitrogens is 2. The Labute approximate surface area is 110 Å². The third kappa shape index (κ3) is 3.16. The van der Waals surface area contributed by atoms with Gasteiger partial charge in [-0.2, -0.15) is 4.98 Å². The van der Waals surface area contributed by atoms with Crippen LogP contribution in [0.4, 0.5) is 5.69 Å². The molecular formula is C12H15N3O2S. The molecule has 0 spiro atoms. The van der Waals surface area contributed by atoms with E-state index in [4.69, 9.17) is 14.9 Å². The predicted octanol–water partition coefficient (Wildman–Crippen LogP) is 2.73.